The van der Waals surface area contributed by atoms with Crippen LogP contribution in [0, 0.1) is 16.0 Å². The molecule has 0 aliphatic rings. The fourth-order valence-corrected chi connectivity index (χ4v) is 2.72. The number of carbonyl (C=O) groups excluding carboxylic acids is 2. The van der Waals surface area contributed by atoms with Crippen molar-refractivity contribution in [1.29, 1.82) is 0 Å². The maximum absolute atomic E-state index is 12.6. The molecule has 8 heteroatoms. The van der Waals surface area contributed by atoms with E-state index in [-0.39, 0.29) is 30.0 Å². The van der Waals surface area contributed by atoms with Gasteiger partial charge in [0.1, 0.15) is 6.04 Å². The van der Waals surface area contributed by atoms with Gasteiger partial charge in [-0.1, -0.05) is 37.6 Å². The number of halogens is 1. The van der Waals surface area contributed by atoms with Crippen LogP contribution in [0.3, 0.4) is 0 Å². The molecule has 28 heavy (non-hydrogen) atoms. The maximum atomic E-state index is 12.6. The van der Waals surface area contributed by atoms with Crippen LogP contribution in [0.15, 0.2) is 48.5 Å². The van der Waals surface area contributed by atoms with Gasteiger partial charge in [-0.3, -0.25) is 19.7 Å². The van der Waals surface area contributed by atoms with Gasteiger partial charge in [-0.2, -0.15) is 0 Å². The van der Waals surface area contributed by atoms with Gasteiger partial charge in [0.25, 0.3) is 11.6 Å². The molecule has 148 valence electrons. The van der Waals surface area contributed by atoms with Gasteiger partial charge in [0.05, 0.1) is 4.92 Å². The number of rotatable bonds is 8. The molecule has 0 fully saturated rings. The van der Waals surface area contributed by atoms with Crippen LogP contribution >= 0.6 is 11.6 Å². The van der Waals surface area contributed by atoms with Crippen molar-refractivity contribution in [3.63, 3.8) is 0 Å². The van der Waals surface area contributed by atoms with Gasteiger partial charge in [-0.15, -0.1) is 0 Å². The second-order valence-corrected chi connectivity index (χ2v) is 7.24. The van der Waals surface area contributed by atoms with E-state index < -0.39 is 11.0 Å². The van der Waals surface area contributed by atoms with Crippen LogP contribution in [-0.2, 0) is 11.3 Å². The largest absolute Gasteiger partial charge is 0.350 e. The number of nitro groups is 1. The third-order valence-corrected chi connectivity index (χ3v) is 4.30. The summed E-state index contributed by atoms with van der Waals surface area (Å²) in [5.41, 5.74) is 1.13. The van der Waals surface area contributed by atoms with Crippen LogP contribution in [0.25, 0.3) is 0 Å². The lowest BCUT2D eigenvalue weighted by Crippen LogP contribution is -2.47. The summed E-state index contributed by atoms with van der Waals surface area (Å²) in [7, 11) is 0. The number of benzene rings is 2. The predicted octanol–water partition coefficient (Wildman–Crippen LogP) is 3.71. The normalized spacial score (nSPS) is 11.7. The summed E-state index contributed by atoms with van der Waals surface area (Å²) < 4.78 is 0. The minimum absolute atomic E-state index is 0.0111. The Kier molecular flexibility index (Phi) is 7.52. The van der Waals surface area contributed by atoms with E-state index in [2.05, 4.69) is 10.6 Å². The Bertz CT molecular complexity index is 836. The summed E-state index contributed by atoms with van der Waals surface area (Å²) >= 11 is 5.83. The van der Waals surface area contributed by atoms with Gasteiger partial charge in [0.15, 0.2) is 0 Å². The highest BCUT2D eigenvalue weighted by Gasteiger charge is 2.22. The number of hydrogen-bond donors (Lipinski definition) is 2. The number of nitro benzene ring substituents is 1. The average molecular weight is 404 g/mol. The van der Waals surface area contributed by atoms with Crippen molar-refractivity contribution in [1.82, 2.24) is 10.6 Å². The number of non-ortho nitro benzene ring substituents is 1. The monoisotopic (exact) mass is 403 g/mol. The van der Waals surface area contributed by atoms with Crippen molar-refractivity contribution in [3.8, 4) is 0 Å². The quantitative estimate of drug-likeness (QED) is 0.518. The SMILES string of the molecule is CC(C)CC(NC(=O)c1ccc(Cl)cc1)C(=O)NCc1ccc([N+](=O)[O-])cc1. The lowest BCUT2D eigenvalue weighted by atomic mass is 10.0. The fraction of sp³-hybridized carbons (Fsp3) is 0.300. The molecule has 0 radical (unpaired) electrons. The lowest BCUT2D eigenvalue weighted by Gasteiger charge is -2.20. The first-order valence-corrected chi connectivity index (χ1v) is 9.21. The van der Waals surface area contributed by atoms with E-state index in [0.29, 0.717) is 17.0 Å². The van der Waals surface area contributed by atoms with Gasteiger partial charge >= 0.3 is 0 Å². The summed E-state index contributed by atoms with van der Waals surface area (Å²) in [6.45, 7) is 4.14. The third kappa shape index (κ3) is 6.35. The van der Waals surface area contributed by atoms with Crippen LogP contribution < -0.4 is 10.6 Å². The first-order valence-electron chi connectivity index (χ1n) is 8.83. The van der Waals surface area contributed by atoms with E-state index in [0.717, 1.165) is 5.56 Å². The average Bonchev–Trinajstić information content (AvgIpc) is 2.66. The van der Waals surface area contributed by atoms with Crippen molar-refractivity contribution >= 4 is 29.1 Å². The molecule has 2 aromatic carbocycles. The topological polar surface area (TPSA) is 101 Å². The van der Waals surface area contributed by atoms with Crippen LogP contribution in [0.2, 0.25) is 5.02 Å². The van der Waals surface area contributed by atoms with E-state index >= 15 is 0 Å². The smallest absolute Gasteiger partial charge is 0.269 e. The van der Waals surface area contributed by atoms with E-state index in [1.165, 1.54) is 12.1 Å². The Balaban J connectivity index is 2.00. The first kappa shape index (κ1) is 21.4. The summed E-state index contributed by atoms with van der Waals surface area (Å²) in [5.74, 6) is -0.470. The van der Waals surface area contributed by atoms with Crippen molar-refractivity contribution in [2.24, 2.45) is 5.92 Å². The molecule has 2 aromatic rings. The predicted molar refractivity (Wildman–Crippen MR) is 107 cm³/mol. The molecule has 0 saturated carbocycles. The molecule has 0 aromatic heterocycles. The molecule has 1 atom stereocenters. The second-order valence-electron chi connectivity index (χ2n) is 6.80. The number of amides is 2. The molecule has 2 N–H and O–H groups in total. The van der Waals surface area contributed by atoms with Crippen LogP contribution in [0.1, 0.15) is 36.2 Å². The lowest BCUT2D eigenvalue weighted by molar-refractivity contribution is -0.384. The highest BCUT2D eigenvalue weighted by atomic mass is 35.5. The number of carbonyl (C=O) groups is 2. The van der Waals surface area contributed by atoms with E-state index in [9.17, 15) is 19.7 Å². The zero-order valence-electron chi connectivity index (χ0n) is 15.6. The van der Waals surface area contributed by atoms with E-state index in [1.807, 2.05) is 13.8 Å². The fourth-order valence-electron chi connectivity index (χ4n) is 2.59. The molecule has 0 bridgehead atoms. The van der Waals surface area contributed by atoms with E-state index in [4.69, 9.17) is 11.6 Å². The molecule has 0 spiro atoms. The molecule has 0 aliphatic heterocycles. The molecular formula is C20H22ClN3O4. The molecule has 0 heterocycles. The zero-order chi connectivity index (χ0) is 20.7. The minimum atomic E-state index is -0.693. The Labute approximate surface area is 168 Å². The minimum Gasteiger partial charge on any atom is -0.350 e. The van der Waals surface area contributed by atoms with Crippen LogP contribution in [-0.4, -0.2) is 22.8 Å². The number of nitrogens with zero attached hydrogens (tertiary/aromatic N) is 1. The summed E-state index contributed by atoms with van der Waals surface area (Å²) in [4.78, 5) is 35.2. The molecule has 0 aliphatic carbocycles. The molecular weight excluding hydrogens is 382 g/mol. The molecule has 2 rings (SSSR count). The molecule has 0 saturated heterocycles. The third-order valence-electron chi connectivity index (χ3n) is 4.05. The van der Waals surface area contributed by atoms with Gasteiger partial charge in [-0.05, 0) is 42.2 Å². The highest BCUT2D eigenvalue weighted by Crippen LogP contribution is 2.13. The molecule has 1 unspecified atom stereocenters. The summed E-state index contributed by atoms with van der Waals surface area (Å²) in [6.07, 6.45) is 0.478. The first-order chi connectivity index (χ1) is 13.3. The Morgan fingerprint density at radius 2 is 1.68 bits per heavy atom. The van der Waals surface area contributed by atoms with Crippen molar-refractivity contribution in [2.75, 3.05) is 0 Å². The van der Waals surface area contributed by atoms with Crippen molar-refractivity contribution < 1.29 is 14.5 Å². The highest BCUT2D eigenvalue weighted by molar-refractivity contribution is 6.30. The van der Waals surface area contributed by atoms with Crippen LogP contribution in [0.5, 0.6) is 0 Å². The van der Waals surface area contributed by atoms with Gasteiger partial charge in [-0.25, -0.2) is 0 Å². The van der Waals surface area contributed by atoms with Crippen LogP contribution in [0.4, 0.5) is 5.69 Å². The van der Waals surface area contributed by atoms with Gasteiger partial charge < -0.3 is 10.6 Å². The summed E-state index contributed by atoms with van der Waals surface area (Å²) in [5, 5.41) is 16.8. The molecule has 7 nitrogen and oxygen atoms in total. The number of nitrogens with one attached hydrogen (secondary N) is 2. The Morgan fingerprint density at radius 1 is 1.07 bits per heavy atom. The van der Waals surface area contributed by atoms with Crippen molar-refractivity contribution in [3.05, 3.63) is 74.8 Å². The van der Waals surface area contributed by atoms with Crippen molar-refractivity contribution in [2.45, 2.75) is 32.9 Å². The number of hydrogen-bond acceptors (Lipinski definition) is 4. The Morgan fingerprint density at radius 3 is 2.21 bits per heavy atom. The summed E-state index contributed by atoms with van der Waals surface area (Å²) in [6, 6.07) is 11.7. The van der Waals surface area contributed by atoms with Gasteiger partial charge in [0.2, 0.25) is 5.91 Å². The zero-order valence-corrected chi connectivity index (χ0v) is 16.4. The second kappa shape index (κ2) is 9.85. The standard InChI is InChI=1S/C20H22ClN3O4/c1-13(2)11-18(23-19(25)15-5-7-16(21)8-6-15)20(26)22-12-14-3-9-17(10-4-14)24(27)28/h3-10,13,18H,11-12H2,1-2H3,(H,22,26)(H,23,25). The van der Waals surface area contributed by atoms with Gasteiger partial charge in [0, 0.05) is 29.3 Å². The molecule has 2 amide bonds. The maximum Gasteiger partial charge on any atom is 0.269 e. The van der Waals surface area contributed by atoms with E-state index in [1.54, 1.807) is 36.4 Å². The Hall–Kier alpha value is -2.93.